The van der Waals surface area contributed by atoms with Crippen LogP contribution in [-0.2, 0) is 6.54 Å². The van der Waals surface area contributed by atoms with Crippen LogP contribution in [0.2, 0.25) is 0 Å². The van der Waals surface area contributed by atoms with Crippen LogP contribution in [0.5, 0.6) is 0 Å². The Morgan fingerprint density at radius 3 is 2.65 bits per heavy atom. The van der Waals surface area contributed by atoms with Gasteiger partial charge in [-0.25, -0.2) is 4.98 Å². The predicted octanol–water partition coefficient (Wildman–Crippen LogP) is 1.82. The molecule has 0 spiro atoms. The Balaban J connectivity index is 1.94. The third-order valence-corrected chi connectivity index (χ3v) is 3.13. The quantitative estimate of drug-likeness (QED) is 0.781. The second-order valence-corrected chi connectivity index (χ2v) is 4.63. The van der Waals surface area contributed by atoms with Crippen molar-refractivity contribution < 1.29 is 0 Å². The van der Waals surface area contributed by atoms with Crippen molar-refractivity contribution in [3.8, 4) is 0 Å². The van der Waals surface area contributed by atoms with E-state index < -0.39 is 0 Å². The molecule has 0 aromatic carbocycles. The van der Waals surface area contributed by atoms with E-state index in [1.54, 1.807) is 0 Å². The maximum atomic E-state index is 4.51. The van der Waals surface area contributed by atoms with Gasteiger partial charge in [0.15, 0.2) is 0 Å². The Kier molecular flexibility index (Phi) is 4.31. The van der Waals surface area contributed by atoms with E-state index in [4.69, 9.17) is 0 Å². The number of hydrogen-bond donors (Lipinski definition) is 1. The maximum absolute atomic E-state index is 4.51. The molecule has 0 radical (unpaired) electrons. The minimum absolute atomic E-state index is 0.804. The van der Waals surface area contributed by atoms with Crippen molar-refractivity contribution >= 4 is 5.82 Å². The van der Waals surface area contributed by atoms with E-state index in [-0.39, 0.29) is 0 Å². The first kappa shape index (κ1) is 12.3. The fraction of sp³-hybridized carbons (Fsp3) is 0.692. The molecule has 4 nitrogen and oxygen atoms in total. The summed E-state index contributed by atoms with van der Waals surface area (Å²) in [4.78, 5) is 11.3. The van der Waals surface area contributed by atoms with Gasteiger partial charge < -0.3 is 10.2 Å². The third kappa shape index (κ3) is 3.66. The topological polar surface area (TPSA) is 41.1 Å². The van der Waals surface area contributed by atoms with Gasteiger partial charge in [0.05, 0.1) is 18.1 Å². The lowest BCUT2D eigenvalue weighted by molar-refractivity contribution is 0.699. The minimum Gasteiger partial charge on any atom is -0.355 e. The molecule has 1 fully saturated rings. The zero-order valence-corrected chi connectivity index (χ0v) is 10.8. The lowest BCUT2D eigenvalue weighted by Crippen LogP contribution is -2.26. The molecule has 1 aliphatic rings. The van der Waals surface area contributed by atoms with E-state index in [0.29, 0.717) is 0 Å². The maximum Gasteiger partial charge on any atom is 0.147 e. The summed E-state index contributed by atoms with van der Waals surface area (Å²) in [6, 6.07) is 0. The van der Waals surface area contributed by atoms with Gasteiger partial charge in [0.25, 0.3) is 0 Å². The monoisotopic (exact) mass is 234 g/mol. The van der Waals surface area contributed by atoms with Crippen LogP contribution in [0.25, 0.3) is 0 Å². The zero-order valence-electron chi connectivity index (χ0n) is 10.8. The van der Waals surface area contributed by atoms with Crippen molar-refractivity contribution in [2.45, 2.75) is 33.2 Å². The van der Waals surface area contributed by atoms with E-state index in [9.17, 15) is 0 Å². The van der Waals surface area contributed by atoms with Crippen LogP contribution < -0.4 is 10.2 Å². The summed E-state index contributed by atoms with van der Waals surface area (Å²) in [5.74, 6) is 1.90. The summed E-state index contributed by atoms with van der Waals surface area (Å²) < 4.78 is 0. The van der Waals surface area contributed by atoms with Crippen molar-refractivity contribution in [2.75, 3.05) is 24.5 Å². The fourth-order valence-electron chi connectivity index (χ4n) is 1.85. The Bertz CT molecular complexity index is 332. The Labute approximate surface area is 103 Å². The molecule has 17 heavy (non-hydrogen) atoms. The van der Waals surface area contributed by atoms with Crippen LogP contribution in [0.15, 0.2) is 12.4 Å². The van der Waals surface area contributed by atoms with E-state index in [1.807, 2.05) is 12.4 Å². The van der Waals surface area contributed by atoms with Crippen molar-refractivity contribution in [3.63, 3.8) is 0 Å². The lowest BCUT2D eigenvalue weighted by Gasteiger charge is -2.21. The van der Waals surface area contributed by atoms with E-state index in [2.05, 4.69) is 34.0 Å². The Morgan fingerprint density at radius 1 is 1.29 bits per heavy atom. The normalized spacial score (nSPS) is 14.9. The zero-order chi connectivity index (χ0) is 12.1. The molecule has 0 aliphatic heterocycles. The van der Waals surface area contributed by atoms with Gasteiger partial charge in [0, 0.05) is 19.6 Å². The van der Waals surface area contributed by atoms with Gasteiger partial charge in [-0.3, -0.25) is 4.98 Å². The molecule has 1 aromatic rings. The van der Waals surface area contributed by atoms with Crippen LogP contribution in [0, 0.1) is 5.92 Å². The van der Waals surface area contributed by atoms with Crippen LogP contribution in [0.3, 0.4) is 0 Å². The summed E-state index contributed by atoms with van der Waals surface area (Å²) in [6.45, 7) is 8.19. The van der Waals surface area contributed by atoms with Gasteiger partial charge >= 0.3 is 0 Å². The number of aromatic nitrogens is 2. The Morgan fingerprint density at radius 2 is 2.12 bits per heavy atom. The molecule has 0 atom stereocenters. The summed E-state index contributed by atoms with van der Waals surface area (Å²) in [5.41, 5.74) is 1.01. The Hall–Kier alpha value is -1.16. The number of nitrogens with zero attached hydrogens (tertiary/aromatic N) is 3. The van der Waals surface area contributed by atoms with Gasteiger partial charge in [0.2, 0.25) is 0 Å². The van der Waals surface area contributed by atoms with Gasteiger partial charge in [0.1, 0.15) is 5.82 Å². The average molecular weight is 234 g/mol. The van der Waals surface area contributed by atoms with Gasteiger partial charge in [-0.15, -0.1) is 0 Å². The van der Waals surface area contributed by atoms with Crippen LogP contribution >= 0.6 is 0 Å². The summed E-state index contributed by atoms with van der Waals surface area (Å²) in [7, 11) is 0. The third-order valence-electron chi connectivity index (χ3n) is 3.13. The average Bonchev–Trinajstić information content (AvgIpc) is 3.18. The van der Waals surface area contributed by atoms with Crippen molar-refractivity contribution in [1.82, 2.24) is 15.3 Å². The first-order valence-electron chi connectivity index (χ1n) is 6.60. The van der Waals surface area contributed by atoms with Crippen molar-refractivity contribution in [3.05, 3.63) is 18.1 Å². The van der Waals surface area contributed by atoms with Crippen molar-refractivity contribution in [2.24, 2.45) is 5.92 Å². The molecule has 1 N–H and O–H groups in total. The van der Waals surface area contributed by atoms with E-state index in [0.717, 1.165) is 43.6 Å². The molecule has 1 heterocycles. The minimum atomic E-state index is 0.804. The highest BCUT2D eigenvalue weighted by Gasteiger charge is 2.24. The summed E-state index contributed by atoms with van der Waals surface area (Å²) in [6.07, 6.45) is 6.54. The van der Waals surface area contributed by atoms with Crippen LogP contribution in [0.1, 0.15) is 32.4 Å². The highest BCUT2D eigenvalue weighted by Crippen LogP contribution is 2.30. The SMILES string of the molecule is CCNCc1cnc(N(CC)CC2CC2)cn1. The van der Waals surface area contributed by atoms with Crippen LogP contribution in [0.4, 0.5) is 5.82 Å². The van der Waals surface area contributed by atoms with Gasteiger partial charge in [-0.2, -0.15) is 0 Å². The predicted molar refractivity (Wildman–Crippen MR) is 70.0 cm³/mol. The number of nitrogens with one attached hydrogen (secondary N) is 1. The standard InChI is InChI=1S/C13H22N4/c1-3-14-7-12-8-16-13(9-15-12)17(4-2)10-11-5-6-11/h8-9,11,14H,3-7,10H2,1-2H3. The number of hydrogen-bond acceptors (Lipinski definition) is 4. The van der Waals surface area contributed by atoms with Gasteiger partial charge in [-0.05, 0) is 32.2 Å². The van der Waals surface area contributed by atoms with Crippen LogP contribution in [-0.4, -0.2) is 29.6 Å². The first-order valence-corrected chi connectivity index (χ1v) is 6.60. The second kappa shape index (κ2) is 5.96. The molecule has 1 saturated carbocycles. The second-order valence-electron chi connectivity index (χ2n) is 4.63. The summed E-state index contributed by atoms with van der Waals surface area (Å²) >= 11 is 0. The molecular formula is C13H22N4. The highest BCUT2D eigenvalue weighted by atomic mass is 15.2. The van der Waals surface area contributed by atoms with Gasteiger partial charge in [-0.1, -0.05) is 6.92 Å². The van der Waals surface area contributed by atoms with Crippen molar-refractivity contribution in [1.29, 1.82) is 0 Å². The molecule has 0 amide bonds. The molecular weight excluding hydrogens is 212 g/mol. The molecule has 0 saturated heterocycles. The molecule has 1 aromatic heterocycles. The molecule has 2 rings (SSSR count). The summed E-state index contributed by atoms with van der Waals surface area (Å²) in [5, 5.41) is 3.25. The fourth-order valence-corrected chi connectivity index (χ4v) is 1.85. The van der Waals surface area contributed by atoms with E-state index >= 15 is 0 Å². The number of anilines is 1. The molecule has 4 heteroatoms. The number of rotatable bonds is 7. The first-order chi connectivity index (χ1) is 8.33. The lowest BCUT2D eigenvalue weighted by atomic mass is 10.3. The van der Waals surface area contributed by atoms with E-state index in [1.165, 1.54) is 12.8 Å². The highest BCUT2D eigenvalue weighted by molar-refractivity contribution is 5.35. The smallest absolute Gasteiger partial charge is 0.147 e. The molecule has 1 aliphatic carbocycles. The largest absolute Gasteiger partial charge is 0.355 e. The molecule has 0 bridgehead atoms. The molecule has 94 valence electrons. The molecule has 0 unspecified atom stereocenters.